The minimum Gasteiger partial charge on any atom is -0.337 e. The molecule has 0 saturated carbocycles. The molecule has 1 saturated heterocycles. The average Bonchev–Trinajstić information content (AvgIpc) is 2.76. The van der Waals surface area contributed by atoms with Crippen LogP contribution in [0.1, 0.15) is 35.7 Å². The first-order valence-corrected chi connectivity index (χ1v) is 9.49. The summed E-state index contributed by atoms with van der Waals surface area (Å²) in [5, 5.41) is 0. The molecule has 1 heterocycles. The highest BCUT2D eigenvalue weighted by Gasteiger charge is 2.26. The van der Waals surface area contributed by atoms with E-state index in [1.165, 1.54) is 22.5 Å². The normalized spacial score (nSPS) is 17.1. The van der Waals surface area contributed by atoms with Crippen molar-refractivity contribution in [3.63, 3.8) is 0 Å². The van der Waals surface area contributed by atoms with Gasteiger partial charge in [0.25, 0.3) is 5.91 Å². The first-order chi connectivity index (χ1) is 10.8. The summed E-state index contributed by atoms with van der Waals surface area (Å²) < 4.78 is 39.1. The molecule has 5 nitrogen and oxygen atoms in total. The molecule has 1 aliphatic heterocycles. The van der Waals surface area contributed by atoms with E-state index in [-0.39, 0.29) is 17.5 Å². The number of nitrogens with zero attached hydrogens (tertiary/aromatic N) is 2. The van der Waals surface area contributed by atoms with Crippen LogP contribution in [0.2, 0.25) is 0 Å². The fourth-order valence-corrected chi connectivity index (χ4v) is 4.26. The van der Waals surface area contributed by atoms with E-state index in [1.54, 1.807) is 11.8 Å². The van der Waals surface area contributed by atoms with Crippen molar-refractivity contribution in [2.75, 3.05) is 31.9 Å². The Bertz CT molecular complexity index is 676. The molecule has 0 aliphatic carbocycles. The van der Waals surface area contributed by atoms with Crippen molar-refractivity contribution in [3.8, 4) is 0 Å². The fourth-order valence-electron chi connectivity index (χ4n) is 2.72. The van der Waals surface area contributed by atoms with Crippen LogP contribution in [0.4, 0.5) is 4.39 Å². The molecule has 1 aliphatic rings. The number of halogens is 1. The standard InChI is InChI=1S/C16H23FN2O3S/c1-3-11-23(21,22)19-8-4-7-18(9-10-19)16(20)14-5-6-15(17)13(2)12-14/h5-6,12H,3-4,7-11H2,1-2H3. The van der Waals surface area contributed by atoms with Crippen molar-refractivity contribution in [2.45, 2.75) is 26.7 Å². The SMILES string of the molecule is CCCS(=O)(=O)N1CCCN(C(=O)c2ccc(F)c(C)c2)CC1. The van der Waals surface area contributed by atoms with Crippen LogP contribution in [0.15, 0.2) is 18.2 Å². The molecule has 23 heavy (non-hydrogen) atoms. The highest BCUT2D eigenvalue weighted by atomic mass is 32.2. The second kappa shape index (κ2) is 7.40. The molecule has 0 spiro atoms. The van der Waals surface area contributed by atoms with E-state index >= 15 is 0 Å². The fraction of sp³-hybridized carbons (Fsp3) is 0.562. The van der Waals surface area contributed by atoms with Gasteiger partial charge in [-0.15, -0.1) is 0 Å². The minimum absolute atomic E-state index is 0.137. The lowest BCUT2D eigenvalue weighted by atomic mass is 10.1. The third kappa shape index (κ3) is 4.29. The van der Waals surface area contributed by atoms with Gasteiger partial charge in [-0.05, 0) is 43.5 Å². The maximum absolute atomic E-state index is 13.3. The van der Waals surface area contributed by atoms with Gasteiger partial charge < -0.3 is 4.90 Å². The third-order valence-electron chi connectivity index (χ3n) is 4.00. The topological polar surface area (TPSA) is 57.7 Å². The van der Waals surface area contributed by atoms with Crippen LogP contribution < -0.4 is 0 Å². The van der Waals surface area contributed by atoms with E-state index in [9.17, 15) is 17.6 Å². The zero-order chi connectivity index (χ0) is 17.0. The van der Waals surface area contributed by atoms with Gasteiger partial charge in [-0.25, -0.2) is 17.1 Å². The van der Waals surface area contributed by atoms with Crippen molar-refractivity contribution in [1.82, 2.24) is 9.21 Å². The Morgan fingerprint density at radius 1 is 1.22 bits per heavy atom. The van der Waals surface area contributed by atoms with Crippen LogP contribution in [-0.2, 0) is 10.0 Å². The van der Waals surface area contributed by atoms with Crippen LogP contribution in [0, 0.1) is 12.7 Å². The van der Waals surface area contributed by atoms with Gasteiger partial charge in [0.1, 0.15) is 5.82 Å². The lowest BCUT2D eigenvalue weighted by Gasteiger charge is -2.22. The van der Waals surface area contributed by atoms with Crippen molar-refractivity contribution >= 4 is 15.9 Å². The Hall–Kier alpha value is -1.47. The molecule has 0 bridgehead atoms. The smallest absolute Gasteiger partial charge is 0.253 e. The Morgan fingerprint density at radius 3 is 2.61 bits per heavy atom. The summed E-state index contributed by atoms with van der Waals surface area (Å²) in [5.74, 6) is -0.380. The summed E-state index contributed by atoms with van der Waals surface area (Å²) in [6.45, 7) is 5.07. The quantitative estimate of drug-likeness (QED) is 0.841. The van der Waals surface area contributed by atoms with Gasteiger partial charge in [-0.1, -0.05) is 6.92 Å². The Labute approximate surface area is 137 Å². The molecule has 1 fully saturated rings. The van der Waals surface area contributed by atoms with Gasteiger partial charge in [0.05, 0.1) is 5.75 Å². The summed E-state index contributed by atoms with van der Waals surface area (Å²) in [4.78, 5) is 14.2. The summed E-state index contributed by atoms with van der Waals surface area (Å²) in [5.41, 5.74) is 0.867. The van der Waals surface area contributed by atoms with E-state index in [4.69, 9.17) is 0 Å². The van der Waals surface area contributed by atoms with Gasteiger partial charge in [0.15, 0.2) is 0 Å². The zero-order valence-corrected chi connectivity index (χ0v) is 14.4. The molecule has 0 atom stereocenters. The lowest BCUT2D eigenvalue weighted by Crippen LogP contribution is -2.38. The molecule has 0 N–H and O–H groups in total. The van der Waals surface area contributed by atoms with Gasteiger partial charge in [0.2, 0.25) is 10.0 Å². The number of amides is 1. The van der Waals surface area contributed by atoms with Gasteiger partial charge in [-0.3, -0.25) is 4.79 Å². The second-order valence-corrected chi connectivity index (χ2v) is 7.91. The predicted molar refractivity (Wildman–Crippen MR) is 87.3 cm³/mol. The highest BCUT2D eigenvalue weighted by molar-refractivity contribution is 7.89. The number of hydrogen-bond donors (Lipinski definition) is 0. The van der Waals surface area contributed by atoms with Crippen LogP contribution in [0.5, 0.6) is 0 Å². The predicted octanol–water partition coefficient (Wildman–Crippen LogP) is 2.02. The van der Waals surface area contributed by atoms with Crippen LogP contribution in [0.25, 0.3) is 0 Å². The van der Waals surface area contributed by atoms with Crippen LogP contribution in [-0.4, -0.2) is 55.5 Å². The molecule has 1 aromatic rings. The lowest BCUT2D eigenvalue weighted by molar-refractivity contribution is 0.0764. The number of hydrogen-bond acceptors (Lipinski definition) is 3. The molecule has 0 aromatic heterocycles. The zero-order valence-electron chi connectivity index (χ0n) is 13.6. The van der Waals surface area contributed by atoms with E-state index in [0.29, 0.717) is 50.1 Å². The third-order valence-corrected chi connectivity index (χ3v) is 6.08. The molecule has 1 aromatic carbocycles. The molecular weight excluding hydrogens is 319 g/mol. The largest absolute Gasteiger partial charge is 0.337 e. The first-order valence-electron chi connectivity index (χ1n) is 7.88. The van der Waals surface area contributed by atoms with Crippen molar-refractivity contribution < 1.29 is 17.6 Å². The minimum atomic E-state index is -3.24. The van der Waals surface area contributed by atoms with Gasteiger partial charge >= 0.3 is 0 Å². The number of rotatable bonds is 4. The maximum Gasteiger partial charge on any atom is 0.253 e. The molecule has 0 unspecified atom stereocenters. The van der Waals surface area contributed by atoms with E-state index in [0.717, 1.165) is 0 Å². The number of carbonyl (C=O) groups excluding carboxylic acids is 1. The van der Waals surface area contributed by atoms with Crippen molar-refractivity contribution in [2.24, 2.45) is 0 Å². The van der Waals surface area contributed by atoms with Gasteiger partial charge in [-0.2, -0.15) is 0 Å². The molecule has 0 radical (unpaired) electrons. The maximum atomic E-state index is 13.3. The summed E-state index contributed by atoms with van der Waals surface area (Å²) in [6.07, 6.45) is 1.19. The molecule has 2 rings (SSSR count). The Morgan fingerprint density at radius 2 is 1.96 bits per heavy atom. The van der Waals surface area contributed by atoms with Crippen molar-refractivity contribution in [1.29, 1.82) is 0 Å². The summed E-state index contributed by atoms with van der Waals surface area (Å²) in [7, 11) is -3.24. The number of benzene rings is 1. The monoisotopic (exact) mass is 342 g/mol. The second-order valence-electron chi connectivity index (χ2n) is 5.82. The van der Waals surface area contributed by atoms with E-state index in [2.05, 4.69) is 0 Å². The number of sulfonamides is 1. The van der Waals surface area contributed by atoms with E-state index < -0.39 is 10.0 Å². The highest BCUT2D eigenvalue weighted by Crippen LogP contribution is 2.15. The number of aryl methyl sites for hydroxylation is 1. The van der Waals surface area contributed by atoms with Crippen molar-refractivity contribution in [3.05, 3.63) is 35.1 Å². The molecule has 7 heteroatoms. The van der Waals surface area contributed by atoms with E-state index in [1.807, 2.05) is 6.92 Å². The number of carbonyl (C=O) groups is 1. The van der Waals surface area contributed by atoms with Gasteiger partial charge in [0, 0.05) is 31.7 Å². The Balaban J connectivity index is 2.08. The first kappa shape index (κ1) is 17.9. The van der Waals surface area contributed by atoms with Crippen LogP contribution >= 0.6 is 0 Å². The van der Waals surface area contributed by atoms with Crippen LogP contribution in [0.3, 0.4) is 0 Å². The molecule has 1 amide bonds. The average molecular weight is 342 g/mol. The summed E-state index contributed by atoms with van der Waals surface area (Å²) >= 11 is 0. The molecule has 128 valence electrons. The summed E-state index contributed by atoms with van der Waals surface area (Å²) in [6, 6.07) is 4.30. The Kier molecular flexibility index (Phi) is 5.75. The molecular formula is C16H23FN2O3S.